The highest BCUT2D eigenvalue weighted by Gasteiger charge is 2.28. The van der Waals surface area contributed by atoms with Gasteiger partial charge in [-0.3, -0.25) is 4.79 Å². The third-order valence-electron chi connectivity index (χ3n) is 2.31. The topological polar surface area (TPSA) is 80.5 Å². The Morgan fingerprint density at radius 2 is 1.83 bits per heavy atom. The molecule has 0 atom stereocenters. The van der Waals surface area contributed by atoms with E-state index in [1.165, 1.54) is 0 Å². The van der Waals surface area contributed by atoms with Gasteiger partial charge in [0.2, 0.25) is 15.9 Å². The first-order chi connectivity index (χ1) is 8.25. The van der Waals surface area contributed by atoms with Crippen molar-refractivity contribution in [1.82, 2.24) is 4.31 Å². The average Bonchev–Trinajstić information content (AvgIpc) is 2.25. The molecule has 18 heavy (non-hydrogen) atoms. The van der Waals surface area contributed by atoms with Crippen LogP contribution in [0, 0.1) is 5.82 Å². The summed E-state index contributed by atoms with van der Waals surface area (Å²) in [6.45, 7) is 2.85. The zero-order chi connectivity index (χ0) is 13.9. The van der Waals surface area contributed by atoms with Gasteiger partial charge in [-0.15, -0.1) is 0 Å². The molecule has 1 amide bonds. The molecule has 1 aromatic rings. The van der Waals surface area contributed by atoms with E-state index in [1.54, 1.807) is 13.8 Å². The van der Waals surface area contributed by atoms with Crippen LogP contribution in [0.1, 0.15) is 13.8 Å². The summed E-state index contributed by atoms with van der Waals surface area (Å²) in [5.41, 5.74) is 5.02. The standard InChI is InChI=1S/C11H15FN2O3S/c1-8(2)14(7-11(13)15)18(16,17)10-5-3-9(12)4-6-10/h3-6,8H,7H2,1-2H3,(H2,13,15). The lowest BCUT2D eigenvalue weighted by Gasteiger charge is -2.24. The summed E-state index contributed by atoms with van der Waals surface area (Å²) >= 11 is 0. The number of primary amides is 1. The molecule has 0 heterocycles. The molecule has 0 spiro atoms. The molecular formula is C11H15FN2O3S. The highest BCUT2D eigenvalue weighted by atomic mass is 32.2. The number of amides is 1. The number of sulfonamides is 1. The van der Waals surface area contributed by atoms with E-state index in [0.717, 1.165) is 28.6 Å². The second kappa shape index (κ2) is 5.45. The van der Waals surface area contributed by atoms with E-state index in [9.17, 15) is 17.6 Å². The van der Waals surface area contributed by atoms with Crippen molar-refractivity contribution in [3.05, 3.63) is 30.1 Å². The number of hydrogen-bond donors (Lipinski definition) is 1. The second-order valence-electron chi connectivity index (χ2n) is 4.06. The van der Waals surface area contributed by atoms with Gasteiger partial charge >= 0.3 is 0 Å². The summed E-state index contributed by atoms with van der Waals surface area (Å²) in [4.78, 5) is 10.8. The maximum Gasteiger partial charge on any atom is 0.243 e. The van der Waals surface area contributed by atoms with Crippen molar-refractivity contribution in [2.24, 2.45) is 5.73 Å². The van der Waals surface area contributed by atoms with Crippen LogP contribution in [-0.4, -0.2) is 31.2 Å². The van der Waals surface area contributed by atoms with Crippen molar-refractivity contribution in [2.45, 2.75) is 24.8 Å². The Morgan fingerprint density at radius 3 is 2.22 bits per heavy atom. The molecule has 0 radical (unpaired) electrons. The number of nitrogens with zero attached hydrogens (tertiary/aromatic N) is 1. The Morgan fingerprint density at radius 1 is 1.33 bits per heavy atom. The van der Waals surface area contributed by atoms with Crippen molar-refractivity contribution in [3.8, 4) is 0 Å². The Kier molecular flexibility index (Phi) is 4.42. The van der Waals surface area contributed by atoms with Crippen molar-refractivity contribution in [1.29, 1.82) is 0 Å². The number of benzene rings is 1. The number of carbonyl (C=O) groups is 1. The highest BCUT2D eigenvalue weighted by molar-refractivity contribution is 7.89. The van der Waals surface area contributed by atoms with E-state index >= 15 is 0 Å². The van der Waals surface area contributed by atoms with Gasteiger partial charge in [0.25, 0.3) is 0 Å². The van der Waals surface area contributed by atoms with Crippen LogP contribution in [0.15, 0.2) is 29.2 Å². The fourth-order valence-corrected chi connectivity index (χ4v) is 3.04. The first kappa shape index (κ1) is 14.6. The Balaban J connectivity index is 3.16. The summed E-state index contributed by atoms with van der Waals surface area (Å²) in [5.74, 6) is -1.27. The monoisotopic (exact) mass is 274 g/mol. The molecule has 0 aromatic heterocycles. The molecule has 0 bridgehead atoms. The van der Waals surface area contributed by atoms with E-state index in [1.807, 2.05) is 0 Å². The molecule has 0 fully saturated rings. The quantitative estimate of drug-likeness (QED) is 0.858. The van der Waals surface area contributed by atoms with Gasteiger partial charge < -0.3 is 5.73 Å². The second-order valence-corrected chi connectivity index (χ2v) is 5.95. The van der Waals surface area contributed by atoms with Crippen molar-refractivity contribution in [3.63, 3.8) is 0 Å². The normalized spacial score (nSPS) is 12.1. The molecule has 0 saturated heterocycles. The van der Waals surface area contributed by atoms with Crippen LogP contribution in [0.2, 0.25) is 0 Å². The molecule has 2 N–H and O–H groups in total. The third kappa shape index (κ3) is 3.27. The van der Waals surface area contributed by atoms with E-state index in [-0.39, 0.29) is 4.90 Å². The smallest absolute Gasteiger partial charge is 0.243 e. The lowest BCUT2D eigenvalue weighted by atomic mass is 10.3. The minimum absolute atomic E-state index is 0.0705. The molecule has 1 aromatic carbocycles. The Hall–Kier alpha value is -1.47. The molecule has 7 heteroatoms. The highest BCUT2D eigenvalue weighted by Crippen LogP contribution is 2.18. The fraction of sp³-hybridized carbons (Fsp3) is 0.364. The van der Waals surface area contributed by atoms with Crippen LogP contribution < -0.4 is 5.73 Å². The maximum atomic E-state index is 12.8. The first-order valence-corrected chi connectivity index (χ1v) is 6.75. The van der Waals surface area contributed by atoms with Crippen molar-refractivity contribution >= 4 is 15.9 Å². The Bertz CT molecular complexity index is 526. The van der Waals surface area contributed by atoms with Crippen LogP contribution >= 0.6 is 0 Å². The molecular weight excluding hydrogens is 259 g/mol. The molecule has 1 rings (SSSR count). The van der Waals surface area contributed by atoms with Gasteiger partial charge in [-0.2, -0.15) is 4.31 Å². The summed E-state index contributed by atoms with van der Waals surface area (Å²) in [6.07, 6.45) is 0. The minimum atomic E-state index is -3.85. The molecule has 0 unspecified atom stereocenters. The van der Waals surface area contributed by atoms with Crippen molar-refractivity contribution in [2.75, 3.05) is 6.54 Å². The zero-order valence-electron chi connectivity index (χ0n) is 10.1. The van der Waals surface area contributed by atoms with E-state index in [0.29, 0.717) is 0 Å². The fourth-order valence-electron chi connectivity index (χ4n) is 1.44. The Labute approximate surface area is 105 Å². The van der Waals surface area contributed by atoms with Crippen LogP contribution in [0.5, 0.6) is 0 Å². The molecule has 100 valence electrons. The number of rotatable bonds is 5. The molecule has 0 aliphatic rings. The van der Waals surface area contributed by atoms with E-state index in [2.05, 4.69) is 0 Å². The van der Waals surface area contributed by atoms with E-state index in [4.69, 9.17) is 5.73 Å². The zero-order valence-corrected chi connectivity index (χ0v) is 10.9. The largest absolute Gasteiger partial charge is 0.369 e. The third-order valence-corrected chi connectivity index (χ3v) is 4.34. The van der Waals surface area contributed by atoms with Crippen LogP contribution in [-0.2, 0) is 14.8 Å². The maximum absolute atomic E-state index is 12.8. The summed E-state index contributed by atoms with van der Waals surface area (Å²) in [7, 11) is -3.85. The molecule has 5 nitrogen and oxygen atoms in total. The summed E-state index contributed by atoms with van der Waals surface area (Å²) in [5, 5.41) is 0. The predicted octanol–water partition coefficient (Wildman–Crippen LogP) is 0.710. The first-order valence-electron chi connectivity index (χ1n) is 5.31. The molecule has 0 saturated carbocycles. The lowest BCUT2D eigenvalue weighted by Crippen LogP contribution is -2.42. The minimum Gasteiger partial charge on any atom is -0.369 e. The van der Waals surface area contributed by atoms with Gasteiger partial charge in [0.15, 0.2) is 0 Å². The van der Waals surface area contributed by atoms with E-state index < -0.39 is 34.3 Å². The van der Waals surface area contributed by atoms with Gasteiger partial charge in [0, 0.05) is 6.04 Å². The number of hydrogen-bond acceptors (Lipinski definition) is 3. The predicted molar refractivity (Wildman–Crippen MR) is 64.6 cm³/mol. The van der Waals surface area contributed by atoms with Crippen LogP contribution in [0.4, 0.5) is 4.39 Å². The molecule has 0 aliphatic heterocycles. The van der Waals surface area contributed by atoms with Gasteiger partial charge in [-0.05, 0) is 38.1 Å². The number of halogens is 1. The average molecular weight is 274 g/mol. The van der Waals surface area contributed by atoms with Gasteiger partial charge in [0.05, 0.1) is 11.4 Å². The lowest BCUT2D eigenvalue weighted by molar-refractivity contribution is -0.118. The van der Waals surface area contributed by atoms with Crippen LogP contribution in [0.25, 0.3) is 0 Å². The molecule has 0 aliphatic carbocycles. The number of carbonyl (C=O) groups excluding carboxylic acids is 1. The van der Waals surface area contributed by atoms with Crippen molar-refractivity contribution < 1.29 is 17.6 Å². The van der Waals surface area contributed by atoms with Crippen LogP contribution in [0.3, 0.4) is 0 Å². The summed E-state index contributed by atoms with van der Waals surface area (Å²) < 4.78 is 38.2. The summed E-state index contributed by atoms with van der Waals surface area (Å²) in [6, 6.07) is 3.99. The van der Waals surface area contributed by atoms with Gasteiger partial charge in [-0.25, -0.2) is 12.8 Å². The van der Waals surface area contributed by atoms with Gasteiger partial charge in [0.1, 0.15) is 5.82 Å². The number of nitrogens with two attached hydrogens (primary N) is 1. The SMILES string of the molecule is CC(C)N(CC(N)=O)S(=O)(=O)c1ccc(F)cc1. The van der Waals surface area contributed by atoms with Gasteiger partial charge in [-0.1, -0.05) is 0 Å².